The van der Waals surface area contributed by atoms with Crippen LogP contribution in [0.2, 0.25) is 0 Å². The van der Waals surface area contributed by atoms with Gasteiger partial charge in [0.05, 0.1) is 0 Å². The molecule has 1 amide bonds. The smallest absolute Gasteiger partial charge is 0.228 e. The molecule has 1 saturated carbocycles. The van der Waals surface area contributed by atoms with Crippen molar-refractivity contribution in [2.24, 2.45) is 11.3 Å². The maximum absolute atomic E-state index is 12.4. The van der Waals surface area contributed by atoms with Crippen molar-refractivity contribution in [3.63, 3.8) is 0 Å². The number of hydrogen-bond acceptors (Lipinski definition) is 2. The molecule has 2 N–H and O–H groups in total. The van der Waals surface area contributed by atoms with Gasteiger partial charge in [-0.2, -0.15) is 0 Å². The van der Waals surface area contributed by atoms with Crippen LogP contribution in [0, 0.1) is 25.2 Å². The molecule has 1 aliphatic carbocycles. The van der Waals surface area contributed by atoms with Crippen LogP contribution in [0.5, 0.6) is 0 Å². The molecule has 1 aliphatic heterocycles. The van der Waals surface area contributed by atoms with Gasteiger partial charge in [-0.15, -0.1) is 12.4 Å². The topological polar surface area (TPSA) is 41.1 Å². The van der Waals surface area contributed by atoms with Crippen LogP contribution in [0.4, 0.5) is 5.69 Å². The number of anilines is 1. The molecule has 1 aromatic carbocycles. The second-order valence-electron chi connectivity index (χ2n) is 6.28. The normalized spacial score (nSPS) is 22.5. The van der Waals surface area contributed by atoms with E-state index in [0.717, 1.165) is 53.6 Å². The maximum atomic E-state index is 12.4. The van der Waals surface area contributed by atoms with Crippen molar-refractivity contribution in [1.29, 1.82) is 0 Å². The molecule has 1 saturated heterocycles. The lowest BCUT2D eigenvalue weighted by Crippen LogP contribution is -2.31. The third kappa shape index (κ3) is 3.27. The molecule has 21 heavy (non-hydrogen) atoms. The van der Waals surface area contributed by atoms with Crippen LogP contribution in [-0.2, 0) is 4.79 Å². The highest BCUT2D eigenvalue weighted by atomic mass is 79.9. The molecule has 0 bridgehead atoms. The highest BCUT2D eigenvalue weighted by Gasteiger charge is 2.57. The van der Waals surface area contributed by atoms with E-state index in [0.29, 0.717) is 5.41 Å². The van der Waals surface area contributed by atoms with Crippen LogP contribution in [0.1, 0.15) is 30.4 Å². The van der Waals surface area contributed by atoms with Gasteiger partial charge in [0.15, 0.2) is 0 Å². The number of hydrogen-bond donors (Lipinski definition) is 2. The Morgan fingerprint density at radius 2 is 1.86 bits per heavy atom. The average molecular weight is 374 g/mol. The van der Waals surface area contributed by atoms with Gasteiger partial charge in [0.25, 0.3) is 0 Å². The number of benzene rings is 1. The lowest BCUT2D eigenvalue weighted by molar-refractivity contribution is -0.118. The van der Waals surface area contributed by atoms with Crippen molar-refractivity contribution in [2.45, 2.75) is 33.1 Å². The Labute approximate surface area is 140 Å². The number of nitrogens with one attached hydrogen (secondary N) is 2. The second kappa shape index (κ2) is 6.27. The van der Waals surface area contributed by atoms with E-state index in [2.05, 4.69) is 40.4 Å². The Morgan fingerprint density at radius 3 is 2.43 bits per heavy atom. The van der Waals surface area contributed by atoms with Gasteiger partial charge in [0, 0.05) is 16.1 Å². The molecule has 1 unspecified atom stereocenters. The minimum Gasteiger partial charge on any atom is -0.326 e. The molecular weight excluding hydrogens is 352 g/mol. The summed E-state index contributed by atoms with van der Waals surface area (Å²) in [6, 6.07) is 4.07. The number of piperidine rings is 1. The highest BCUT2D eigenvalue weighted by Crippen LogP contribution is 2.58. The molecule has 2 aliphatic rings. The minimum atomic E-state index is 0. The van der Waals surface area contributed by atoms with Crippen molar-refractivity contribution in [3.05, 3.63) is 27.7 Å². The van der Waals surface area contributed by atoms with Crippen LogP contribution in [0.15, 0.2) is 16.6 Å². The summed E-state index contributed by atoms with van der Waals surface area (Å²) in [5, 5.41) is 6.48. The number of halogens is 2. The van der Waals surface area contributed by atoms with Crippen LogP contribution in [0.25, 0.3) is 0 Å². The van der Waals surface area contributed by atoms with Gasteiger partial charge in [-0.1, -0.05) is 15.9 Å². The lowest BCUT2D eigenvalue weighted by Gasteiger charge is -2.23. The standard InChI is InChI=1S/C16H21BrN2O.ClH/c1-10-7-12(8-11(2)14(10)17)19-15(20)13-9-16(13)3-5-18-6-4-16;/h7-8,13,18H,3-6,9H2,1-2H3,(H,19,20);1H. The Morgan fingerprint density at radius 1 is 1.29 bits per heavy atom. The Kier molecular flexibility index (Phi) is 5.01. The summed E-state index contributed by atoms with van der Waals surface area (Å²) in [6.07, 6.45) is 3.35. The van der Waals surface area contributed by atoms with Crippen molar-refractivity contribution in [1.82, 2.24) is 5.32 Å². The summed E-state index contributed by atoms with van der Waals surface area (Å²) >= 11 is 3.56. The molecular formula is C16H22BrClN2O. The molecule has 0 radical (unpaired) electrons. The fourth-order valence-corrected chi connectivity index (χ4v) is 3.67. The number of carbonyl (C=O) groups excluding carboxylic acids is 1. The SMILES string of the molecule is Cc1cc(NC(=O)C2CC23CCNCC3)cc(C)c1Br.Cl. The van der Waals surface area contributed by atoms with E-state index in [1.54, 1.807) is 0 Å². The van der Waals surface area contributed by atoms with Gasteiger partial charge in [-0.05, 0) is 74.9 Å². The fourth-order valence-electron chi connectivity index (χ4n) is 3.44. The van der Waals surface area contributed by atoms with Gasteiger partial charge >= 0.3 is 0 Å². The number of amides is 1. The largest absolute Gasteiger partial charge is 0.326 e. The van der Waals surface area contributed by atoms with Crippen LogP contribution in [-0.4, -0.2) is 19.0 Å². The summed E-state index contributed by atoms with van der Waals surface area (Å²) in [5.74, 6) is 0.418. The Bertz CT molecular complexity index is 532. The number of aryl methyl sites for hydroxylation is 2. The summed E-state index contributed by atoms with van der Waals surface area (Å²) in [6.45, 7) is 6.22. The van der Waals surface area contributed by atoms with E-state index in [1.165, 1.54) is 0 Å². The summed E-state index contributed by atoms with van der Waals surface area (Å²) in [5.41, 5.74) is 3.54. The van der Waals surface area contributed by atoms with E-state index >= 15 is 0 Å². The van der Waals surface area contributed by atoms with Crippen LogP contribution < -0.4 is 10.6 Å². The number of carbonyl (C=O) groups is 1. The van der Waals surface area contributed by atoms with Crippen molar-refractivity contribution < 1.29 is 4.79 Å². The maximum Gasteiger partial charge on any atom is 0.228 e. The third-order valence-electron chi connectivity index (χ3n) is 4.81. The van der Waals surface area contributed by atoms with Crippen molar-refractivity contribution in [2.75, 3.05) is 18.4 Å². The van der Waals surface area contributed by atoms with Gasteiger partial charge in [-0.25, -0.2) is 0 Å². The van der Waals surface area contributed by atoms with Gasteiger partial charge < -0.3 is 10.6 Å². The molecule has 5 heteroatoms. The lowest BCUT2D eigenvalue weighted by atomic mass is 9.92. The van der Waals surface area contributed by atoms with Gasteiger partial charge in [-0.3, -0.25) is 4.79 Å². The zero-order valence-corrected chi connectivity index (χ0v) is 14.9. The first kappa shape index (κ1) is 16.8. The second-order valence-corrected chi connectivity index (χ2v) is 7.08. The molecule has 0 aromatic heterocycles. The molecule has 1 atom stereocenters. The molecule has 2 fully saturated rings. The van der Waals surface area contributed by atoms with Crippen molar-refractivity contribution in [3.8, 4) is 0 Å². The molecule has 1 aromatic rings. The predicted octanol–water partition coefficient (Wildman–Crippen LogP) is 3.82. The van der Waals surface area contributed by atoms with Crippen molar-refractivity contribution >= 4 is 39.9 Å². The van der Waals surface area contributed by atoms with Gasteiger partial charge in [0.2, 0.25) is 5.91 Å². The van der Waals surface area contributed by atoms with Crippen LogP contribution in [0.3, 0.4) is 0 Å². The third-order valence-corrected chi connectivity index (χ3v) is 6.06. The minimum absolute atomic E-state index is 0. The first-order valence-corrected chi connectivity index (χ1v) is 8.09. The van der Waals surface area contributed by atoms with Crippen LogP contribution >= 0.6 is 28.3 Å². The quantitative estimate of drug-likeness (QED) is 0.827. The molecule has 3 nitrogen and oxygen atoms in total. The highest BCUT2D eigenvalue weighted by molar-refractivity contribution is 9.10. The fraction of sp³-hybridized carbons (Fsp3) is 0.562. The molecule has 1 spiro atoms. The van der Waals surface area contributed by atoms with Gasteiger partial charge in [0.1, 0.15) is 0 Å². The average Bonchev–Trinajstić information content (AvgIpc) is 3.10. The molecule has 3 rings (SSSR count). The number of rotatable bonds is 2. The first-order valence-electron chi connectivity index (χ1n) is 7.30. The first-order chi connectivity index (χ1) is 9.52. The summed E-state index contributed by atoms with van der Waals surface area (Å²) in [4.78, 5) is 12.4. The molecule has 1 heterocycles. The van der Waals surface area contributed by atoms with E-state index in [9.17, 15) is 4.79 Å². The van der Waals surface area contributed by atoms with E-state index < -0.39 is 0 Å². The molecule has 116 valence electrons. The van der Waals surface area contributed by atoms with E-state index in [-0.39, 0.29) is 24.2 Å². The monoisotopic (exact) mass is 372 g/mol. The summed E-state index contributed by atoms with van der Waals surface area (Å²) in [7, 11) is 0. The summed E-state index contributed by atoms with van der Waals surface area (Å²) < 4.78 is 1.12. The Balaban J connectivity index is 0.00000161. The predicted molar refractivity (Wildman–Crippen MR) is 92.1 cm³/mol. The van der Waals surface area contributed by atoms with E-state index in [1.807, 2.05) is 12.1 Å². The van der Waals surface area contributed by atoms with E-state index in [4.69, 9.17) is 0 Å². The zero-order chi connectivity index (χ0) is 14.3. The zero-order valence-electron chi connectivity index (χ0n) is 12.5. The Hall–Kier alpha value is -0.580.